The minimum atomic E-state index is 0.490. The first kappa shape index (κ1) is 13.9. The first-order valence-corrected chi connectivity index (χ1v) is 7.15. The summed E-state index contributed by atoms with van der Waals surface area (Å²) in [4.78, 5) is 2.42. The molecule has 0 spiro atoms. The molecule has 0 aromatic heterocycles. The van der Waals surface area contributed by atoms with Gasteiger partial charge in [-0.1, -0.05) is 19.9 Å². The van der Waals surface area contributed by atoms with Gasteiger partial charge in [-0.05, 0) is 42.9 Å². The summed E-state index contributed by atoms with van der Waals surface area (Å²) in [7, 11) is 0. The Kier molecular flexibility index (Phi) is 4.44. The topological polar surface area (TPSA) is 53.0 Å². The molecule has 0 amide bonds. The van der Waals surface area contributed by atoms with E-state index in [0.717, 1.165) is 23.4 Å². The average Bonchev–Trinajstić information content (AvgIpc) is 3.23. The van der Waals surface area contributed by atoms with E-state index in [-0.39, 0.29) is 0 Å². The highest BCUT2D eigenvalue weighted by Gasteiger charge is 2.30. The molecule has 19 heavy (non-hydrogen) atoms. The Morgan fingerprint density at radius 2 is 2.16 bits per heavy atom. The SMILES string of the molecule is CC(C)CCN(c1ccc(CN)cc1C#N)C1CC1. The lowest BCUT2D eigenvalue weighted by atomic mass is 10.1. The molecular weight excluding hydrogens is 234 g/mol. The lowest BCUT2D eigenvalue weighted by molar-refractivity contribution is 0.570. The van der Waals surface area contributed by atoms with Crippen molar-refractivity contribution in [2.24, 2.45) is 11.7 Å². The zero-order valence-corrected chi connectivity index (χ0v) is 11.9. The van der Waals surface area contributed by atoms with E-state index in [0.29, 0.717) is 18.5 Å². The zero-order valence-electron chi connectivity index (χ0n) is 11.9. The number of nitriles is 1. The molecule has 1 aliphatic carbocycles. The summed E-state index contributed by atoms with van der Waals surface area (Å²) >= 11 is 0. The molecule has 0 radical (unpaired) electrons. The molecule has 0 saturated heterocycles. The van der Waals surface area contributed by atoms with Crippen LogP contribution in [-0.2, 0) is 6.54 Å². The van der Waals surface area contributed by atoms with E-state index < -0.39 is 0 Å². The maximum absolute atomic E-state index is 9.35. The molecule has 0 heterocycles. The first-order valence-electron chi connectivity index (χ1n) is 7.15. The van der Waals surface area contributed by atoms with E-state index in [1.54, 1.807) is 0 Å². The second kappa shape index (κ2) is 6.08. The molecule has 3 heteroatoms. The molecule has 1 aromatic rings. The van der Waals surface area contributed by atoms with Crippen LogP contribution in [0.25, 0.3) is 0 Å². The number of hydrogen-bond acceptors (Lipinski definition) is 3. The van der Waals surface area contributed by atoms with E-state index in [4.69, 9.17) is 5.73 Å². The molecular formula is C16H23N3. The minimum absolute atomic E-state index is 0.490. The molecule has 102 valence electrons. The van der Waals surface area contributed by atoms with Crippen LogP contribution in [0.5, 0.6) is 0 Å². The van der Waals surface area contributed by atoms with Crippen molar-refractivity contribution >= 4 is 5.69 Å². The Balaban J connectivity index is 2.23. The van der Waals surface area contributed by atoms with Gasteiger partial charge < -0.3 is 10.6 Å². The summed E-state index contributed by atoms with van der Waals surface area (Å²) in [5, 5.41) is 9.35. The minimum Gasteiger partial charge on any atom is -0.367 e. The second-order valence-corrected chi connectivity index (χ2v) is 5.77. The van der Waals surface area contributed by atoms with Crippen molar-refractivity contribution in [1.82, 2.24) is 0 Å². The van der Waals surface area contributed by atoms with Crippen molar-refractivity contribution in [1.29, 1.82) is 5.26 Å². The number of benzene rings is 1. The van der Waals surface area contributed by atoms with Crippen molar-refractivity contribution in [2.75, 3.05) is 11.4 Å². The molecule has 1 saturated carbocycles. The van der Waals surface area contributed by atoms with Crippen molar-refractivity contribution < 1.29 is 0 Å². The zero-order chi connectivity index (χ0) is 13.8. The van der Waals surface area contributed by atoms with Gasteiger partial charge in [0.05, 0.1) is 11.3 Å². The number of hydrogen-bond donors (Lipinski definition) is 1. The molecule has 1 aliphatic rings. The summed E-state index contributed by atoms with van der Waals surface area (Å²) in [6, 6.07) is 9.00. The standard InChI is InChI=1S/C16H23N3/c1-12(2)7-8-19(15-4-5-15)16-6-3-13(10-17)9-14(16)11-18/h3,6,9,12,15H,4-5,7-8,10,17H2,1-2H3. The molecule has 3 nitrogen and oxygen atoms in total. The maximum atomic E-state index is 9.35. The quantitative estimate of drug-likeness (QED) is 0.852. The first-order chi connectivity index (χ1) is 9.15. The Morgan fingerprint density at radius 1 is 1.42 bits per heavy atom. The second-order valence-electron chi connectivity index (χ2n) is 5.77. The fourth-order valence-corrected chi connectivity index (χ4v) is 2.33. The van der Waals surface area contributed by atoms with Crippen LogP contribution in [-0.4, -0.2) is 12.6 Å². The van der Waals surface area contributed by atoms with Crippen LogP contribution in [0.15, 0.2) is 18.2 Å². The van der Waals surface area contributed by atoms with Crippen LogP contribution < -0.4 is 10.6 Å². The van der Waals surface area contributed by atoms with E-state index in [9.17, 15) is 5.26 Å². The molecule has 1 fully saturated rings. The summed E-state index contributed by atoms with van der Waals surface area (Å²) in [6.45, 7) is 6.02. The largest absolute Gasteiger partial charge is 0.367 e. The monoisotopic (exact) mass is 257 g/mol. The van der Waals surface area contributed by atoms with Crippen LogP contribution in [0.2, 0.25) is 0 Å². The predicted octanol–water partition coefficient (Wildman–Crippen LogP) is 3.03. The van der Waals surface area contributed by atoms with Crippen LogP contribution in [0.3, 0.4) is 0 Å². The van der Waals surface area contributed by atoms with Crippen molar-refractivity contribution in [3.05, 3.63) is 29.3 Å². The van der Waals surface area contributed by atoms with Crippen LogP contribution >= 0.6 is 0 Å². The number of rotatable bonds is 6. The highest BCUT2D eigenvalue weighted by molar-refractivity contribution is 5.61. The van der Waals surface area contributed by atoms with Crippen molar-refractivity contribution in [3.63, 3.8) is 0 Å². The number of nitrogens with two attached hydrogens (primary N) is 1. The fourth-order valence-electron chi connectivity index (χ4n) is 2.33. The van der Waals surface area contributed by atoms with Crippen molar-refractivity contribution in [3.8, 4) is 6.07 Å². The van der Waals surface area contributed by atoms with E-state index in [1.165, 1.54) is 19.3 Å². The van der Waals surface area contributed by atoms with E-state index >= 15 is 0 Å². The van der Waals surface area contributed by atoms with Crippen LogP contribution in [0.4, 0.5) is 5.69 Å². The molecule has 0 atom stereocenters. The summed E-state index contributed by atoms with van der Waals surface area (Å²) in [5.74, 6) is 0.690. The molecule has 1 aromatic carbocycles. The lowest BCUT2D eigenvalue weighted by Crippen LogP contribution is -2.28. The smallest absolute Gasteiger partial charge is 0.101 e. The van der Waals surface area contributed by atoms with Gasteiger partial charge >= 0.3 is 0 Å². The normalized spacial score (nSPS) is 14.5. The van der Waals surface area contributed by atoms with Gasteiger partial charge in [-0.25, -0.2) is 0 Å². The number of anilines is 1. The Labute approximate surface area is 116 Å². The van der Waals surface area contributed by atoms with Gasteiger partial charge in [0.2, 0.25) is 0 Å². The van der Waals surface area contributed by atoms with Crippen molar-refractivity contribution in [2.45, 2.75) is 45.7 Å². The molecule has 2 rings (SSSR count). The predicted molar refractivity (Wildman–Crippen MR) is 78.9 cm³/mol. The van der Waals surface area contributed by atoms with Gasteiger partial charge in [-0.15, -0.1) is 0 Å². The van der Waals surface area contributed by atoms with Crippen LogP contribution in [0, 0.1) is 17.2 Å². The molecule has 0 bridgehead atoms. The van der Waals surface area contributed by atoms with Gasteiger partial charge in [0.15, 0.2) is 0 Å². The highest BCUT2D eigenvalue weighted by atomic mass is 15.2. The third kappa shape index (κ3) is 3.48. The molecule has 0 unspecified atom stereocenters. The summed E-state index contributed by atoms with van der Waals surface area (Å²) in [5.41, 5.74) is 8.52. The maximum Gasteiger partial charge on any atom is 0.101 e. The van der Waals surface area contributed by atoms with Gasteiger partial charge in [-0.3, -0.25) is 0 Å². The molecule has 0 aliphatic heterocycles. The number of nitrogens with zero attached hydrogens (tertiary/aromatic N) is 2. The Hall–Kier alpha value is -1.53. The average molecular weight is 257 g/mol. The third-order valence-electron chi connectivity index (χ3n) is 3.66. The summed E-state index contributed by atoms with van der Waals surface area (Å²) in [6.07, 6.45) is 3.67. The third-order valence-corrected chi connectivity index (χ3v) is 3.66. The Bertz CT molecular complexity index is 469. The Morgan fingerprint density at radius 3 is 2.68 bits per heavy atom. The van der Waals surface area contributed by atoms with Gasteiger partial charge in [0.1, 0.15) is 6.07 Å². The van der Waals surface area contributed by atoms with Gasteiger partial charge in [0.25, 0.3) is 0 Å². The highest BCUT2D eigenvalue weighted by Crippen LogP contribution is 2.34. The van der Waals surface area contributed by atoms with Crippen LogP contribution in [0.1, 0.15) is 44.2 Å². The fraction of sp³-hybridized carbons (Fsp3) is 0.562. The summed E-state index contributed by atoms with van der Waals surface area (Å²) < 4.78 is 0. The van der Waals surface area contributed by atoms with Gasteiger partial charge in [0, 0.05) is 19.1 Å². The molecule has 2 N–H and O–H groups in total. The van der Waals surface area contributed by atoms with E-state index in [1.807, 2.05) is 12.1 Å². The van der Waals surface area contributed by atoms with E-state index in [2.05, 4.69) is 30.9 Å². The van der Waals surface area contributed by atoms with Gasteiger partial charge in [-0.2, -0.15) is 5.26 Å². The lowest BCUT2D eigenvalue weighted by Gasteiger charge is -2.26.